The van der Waals surface area contributed by atoms with Crippen LogP contribution in [0.2, 0.25) is 5.02 Å². The minimum atomic E-state index is -2.93. The molecule has 0 unspecified atom stereocenters. The maximum Gasteiger partial charge on any atom is 0.387 e. The van der Waals surface area contributed by atoms with Gasteiger partial charge in [-0.2, -0.15) is 8.78 Å². The van der Waals surface area contributed by atoms with E-state index in [9.17, 15) is 13.9 Å². The normalized spacial score (nSPS) is 19.3. The molecule has 1 fully saturated rings. The lowest BCUT2D eigenvalue weighted by Gasteiger charge is -2.38. The molecule has 2 rings (SSSR count). The number of aliphatic hydroxyl groups is 1. The molecular weight excluding hydrogens is 288 g/mol. The van der Waals surface area contributed by atoms with E-state index in [1.807, 2.05) is 0 Å². The van der Waals surface area contributed by atoms with Gasteiger partial charge in [0.25, 0.3) is 0 Å². The molecule has 0 atom stereocenters. The first kappa shape index (κ1) is 15.5. The number of hydrogen-bond donors (Lipinski definition) is 1. The molecule has 0 saturated carbocycles. The van der Waals surface area contributed by atoms with Crippen LogP contribution >= 0.6 is 11.6 Å². The summed E-state index contributed by atoms with van der Waals surface area (Å²) in [5, 5.41) is 10.8. The van der Waals surface area contributed by atoms with Crippen LogP contribution in [0.5, 0.6) is 5.75 Å². The third kappa shape index (κ3) is 3.40. The van der Waals surface area contributed by atoms with Crippen LogP contribution in [0.25, 0.3) is 0 Å². The molecule has 1 aromatic rings. The lowest BCUT2D eigenvalue weighted by Crippen LogP contribution is -2.42. The Labute approximate surface area is 122 Å². The Morgan fingerprint density at radius 1 is 1.40 bits per heavy atom. The summed E-state index contributed by atoms with van der Waals surface area (Å²) in [6.07, 6.45) is 1.13. The highest BCUT2D eigenvalue weighted by atomic mass is 35.5. The number of ether oxygens (including phenoxy) is 1. The fourth-order valence-corrected chi connectivity index (χ4v) is 2.67. The van der Waals surface area contributed by atoms with Gasteiger partial charge in [-0.05, 0) is 37.1 Å². The second-order valence-corrected chi connectivity index (χ2v) is 5.40. The molecular formula is C14H18ClF2NO2. The fraction of sp³-hybridized carbons (Fsp3) is 0.571. The van der Waals surface area contributed by atoms with Gasteiger partial charge in [0.1, 0.15) is 5.75 Å². The molecule has 0 aliphatic carbocycles. The van der Waals surface area contributed by atoms with E-state index in [1.165, 1.54) is 12.1 Å². The first-order valence-corrected chi connectivity index (χ1v) is 7.02. The van der Waals surface area contributed by atoms with Crippen molar-refractivity contribution in [3.63, 3.8) is 0 Å². The first-order chi connectivity index (χ1) is 9.44. The highest BCUT2D eigenvalue weighted by Gasteiger charge is 2.34. The topological polar surface area (TPSA) is 32.7 Å². The van der Waals surface area contributed by atoms with Gasteiger partial charge in [0.2, 0.25) is 0 Å². The maximum absolute atomic E-state index is 12.3. The van der Waals surface area contributed by atoms with Crippen molar-refractivity contribution in [2.45, 2.75) is 32.0 Å². The summed E-state index contributed by atoms with van der Waals surface area (Å²) < 4.78 is 29.0. The smallest absolute Gasteiger partial charge is 0.387 e. The summed E-state index contributed by atoms with van der Waals surface area (Å²) in [7, 11) is 0. The average molecular weight is 306 g/mol. The highest BCUT2D eigenvalue weighted by Crippen LogP contribution is 2.37. The SMILES string of the molecule is CCN1CCC(O)(c2ccc(Cl)c(OC(F)F)c2)CC1. The summed E-state index contributed by atoms with van der Waals surface area (Å²) in [5.74, 6) is -0.0921. The molecule has 3 nitrogen and oxygen atoms in total. The molecule has 1 N–H and O–H groups in total. The molecule has 0 radical (unpaired) electrons. The molecule has 1 heterocycles. The van der Waals surface area contributed by atoms with Crippen LogP contribution in [0.4, 0.5) is 8.78 Å². The predicted molar refractivity (Wildman–Crippen MR) is 73.3 cm³/mol. The predicted octanol–water partition coefficient (Wildman–Crippen LogP) is 3.24. The lowest BCUT2D eigenvalue weighted by molar-refractivity contribution is -0.0510. The van der Waals surface area contributed by atoms with Gasteiger partial charge in [-0.25, -0.2) is 0 Å². The van der Waals surface area contributed by atoms with Gasteiger partial charge in [-0.1, -0.05) is 24.6 Å². The minimum absolute atomic E-state index is 0.0921. The Bertz CT molecular complexity index is 462. The molecule has 0 spiro atoms. The standard InChI is InChI=1S/C14H18ClF2NO2/c1-2-18-7-5-14(19,6-8-18)10-3-4-11(15)12(9-10)20-13(16)17/h3-4,9,13,19H,2,5-8H2,1H3. The zero-order valence-corrected chi connectivity index (χ0v) is 12.0. The quantitative estimate of drug-likeness (QED) is 0.927. The summed E-state index contributed by atoms with van der Waals surface area (Å²) in [4.78, 5) is 2.24. The second kappa shape index (κ2) is 6.24. The molecule has 0 aromatic heterocycles. The number of piperidine rings is 1. The van der Waals surface area contributed by atoms with Gasteiger partial charge in [0, 0.05) is 13.1 Å². The molecule has 1 aliphatic rings. The van der Waals surface area contributed by atoms with E-state index in [0.29, 0.717) is 18.4 Å². The van der Waals surface area contributed by atoms with Gasteiger partial charge in [-0.3, -0.25) is 0 Å². The molecule has 112 valence electrons. The van der Waals surface area contributed by atoms with Crippen molar-refractivity contribution in [3.05, 3.63) is 28.8 Å². The van der Waals surface area contributed by atoms with Crippen LogP contribution in [0.3, 0.4) is 0 Å². The Hall–Kier alpha value is -0.910. The Morgan fingerprint density at radius 3 is 2.60 bits per heavy atom. The van der Waals surface area contributed by atoms with Gasteiger partial charge in [0.15, 0.2) is 0 Å². The minimum Gasteiger partial charge on any atom is -0.433 e. The van der Waals surface area contributed by atoms with Crippen molar-refractivity contribution < 1.29 is 18.6 Å². The van der Waals surface area contributed by atoms with Crippen LogP contribution < -0.4 is 4.74 Å². The van der Waals surface area contributed by atoms with Crippen LogP contribution in [-0.2, 0) is 5.60 Å². The second-order valence-electron chi connectivity index (χ2n) is 4.99. The molecule has 1 aromatic carbocycles. The van der Waals surface area contributed by atoms with Crippen molar-refractivity contribution in [1.82, 2.24) is 4.90 Å². The Morgan fingerprint density at radius 2 is 2.05 bits per heavy atom. The molecule has 0 amide bonds. The van der Waals surface area contributed by atoms with Gasteiger partial charge in [0.05, 0.1) is 10.6 Å². The third-order valence-electron chi connectivity index (χ3n) is 3.82. The van der Waals surface area contributed by atoms with E-state index in [0.717, 1.165) is 19.6 Å². The third-order valence-corrected chi connectivity index (χ3v) is 4.13. The van der Waals surface area contributed by atoms with Crippen molar-refractivity contribution in [2.24, 2.45) is 0 Å². The highest BCUT2D eigenvalue weighted by molar-refractivity contribution is 6.32. The van der Waals surface area contributed by atoms with Crippen LogP contribution in [0.1, 0.15) is 25.3 Å². The van der Waals surface area contributed by atoms with Crippen LogP contribution in [-0.4, -0.2) is 36.3 Å². The number of alkyl halides is 2. The summed E-state index contributed by atoms with van der Waals surface area (Å²) in [6, 6.07) is 4.57. The largest absolute Gasteiger partial charge is 0.433 e. The first-order valence-electron chi connectivity index (χ1n) is 6.64. The number of nitrogens with zero attached hydrogens (tertiary/aromatic N) is 1. The number of halogens is 3. The fourth-order valence-electron chi connectivity index (χ4n) is 2.51. The van der Waals surface area contributed by atoms with Crippen LogP contribution in [0.15, 0.2) is 18.2 Å². The lowest BCUT2D eigenvalue weighted by atomic mass is 9.84. The van der Waals surface area contributed by atoms with E-state index in [1.54, 1.807) is 6.07 Å². The van der Waals surface area contributed by atoms with Crippen molar-refractivity contribution >= 4 is 11.6 Å². The molecule has 20 heavy (non-hydrogen) atoms. The van der Waals surface area contributed by atoms with Crippen LogP contribution in [0, 0.1) is 0 Å². The number of hydrogen-bond acceptors (Lipinski definition) is 3. The van der Waals surface area contributed by atoms with Gasteiger partial charge < -0.3 is 14.7 Å². The summed E-state index contributed by atoms with van der Waals surface area (Å²) >= 11 is 5.82. The Balaban J connectivity index is 2.20. The molecule has 1 aliphatic heterocycles. The van der Waals surface area contributed by atoms with E-state index < -0.39 is 12.2 Å². The molecule has 0 bridgehead atoms. The van der Waals surface area contributed by atoms with Crippen molar-refractivity contribution in [3.8, 4) is 5.75 Å². The summed E-state index contributed by atoms with van der Waals surface area (Å²) in [5.41, 5.74) is -0.426. The van der Waals surface area contributed by atoms with E-state index in [-0.39, 0.29) is 10.8 Å². The van der Waals surface area contributed by atoms with E-state index in [2.05, 4.69) is 16.6 Å². The monoisotopic (exact) mass is 305 g/mol. The zero-order valence-electron chi connectivity index (χ0n) is 11.3. The zero-order chi connectivity index (χ0) is 14.8. The maximum atomic E-state index is 12.3. The summed E-state index contributed by atoms with van der Waals surface area (Å²) in [6.45, 7) is 1.64. The van der Waals surface area contributed by atoms with E-state index in [4.69, 9.17) is 11.6 Å². The molecule has 1 saturated heterocycles. The Kier molecular flexibility index (Phi) is 4.83. The number of rotatable bonds is 4. The van der Waals surface area contributed by atoms with Crippen molar-refractivity contribution in [1.29, 1.82) is 0 Å². The van der Waals surface area contributed by atoms with Gasteiger partial charge >= 0.3 is 6.61 Å². The number of benzene rings is 1. The average Bonchev–Trinajstić information content (AvgIpc) is 2.41. The van der Waals surface area contributed by atoms with Crippen molar-refractivity contribution in [2.75, 3.05) is 19.6 Å². The molecule has 6 heteroatoms. The van der Waals surface area contributed by atoms with Gasteiger partial charge in [-0.15, -0.1) is 0 Å². The van der Waals surface area contributed by atoms with E-state index >= 15 is 0 Å². The number of likely N-dealkylation sites (tertiary alicyclic amines) is 1.